The Balaban J connectivity index is 2.51. The zero-order chi connectivity index (χ0) is 11.3. The Labute approximate surface area is 83.6 Å². The number of rotatable bonds is 3. The van der Waals surface area contributed by atoms with E-state index in [1.54, 1.807) is 18.2 Å². The molecule has 1 N–H and O–H groups in total. The Bertz CT molecular complexity index is 359. The molecule has 80 valence electrons. The standard InChI is InChI=1S/C9H7F3N2O/c10-9(11,12)7(15)4-6-14-8-3-1-2-5-13-8/h1-6H,(H,13,14). The van der Waals surface area contributed by atoms with E-state index in [9.17, 15) is 18.0 Å². The molecule has 0 fully saturated rings. The minimum atomic E-state index is -4.83. The molecule has 0 aromatic carbocycles. The van der Waals surface area contributed by atoms with E-state index >= 15 is 0 Å². The van der Waals surface area contributed by atoms with Crippen molar-refractivity contribution in [3.63, 3.8) is 0 Å². The van der Waals surface area contributed by atoms with Crippen LogP contribution in [0, 0.1) is 0 Å². The normalized spacial score (nSPS) is 11.7. The number of carbonyl (C=O) groups is 1. The maximum absolute atomic E-state index is 11.7. The lowest BCUT2D eigenvalue weighted by molar-refractivity contribution is -0.165. The Hall–Kier alpha value is -1.85. The summed E-state index contributed by atoms with van der Waals surface area (Å²) in [6.07, 6.45) is -2.04. The number of hydrogen-bond donors (Lipinski definition) is 1. The number of anilines is 1. The van der Waals surface area contributed by atoms with Crippen LogP contribution >= 0.6 is 0 Å². The fraction of sp³-hybridized carbons (Fsp3) is 0.111. The SMILES string of the molecule is O=C(C=CNc1ccccn1)C(F)(F)F. The van der Waals surface area contributed by atoms with Gasteiger partial charge in [0.25, 0.3) is 5.78 Å². The van der Waals surface area contributed by atoms with Gasteiger partial charge < -0.3 is 5.32 Å². The third kappa shape index (κ3) is 3.80. The van der Waals surface area contributed by atoms with Gasteiger partial charge in [0, 0.05) is 18.5 Å². The molecule has 0 spiro atoms. The summed E-state index contributed by atoms with van der Waals surface area (Å²) >= 11 is 0. The van der Waals surface area contributed by atoms with E-state index in [-0.39, 0.29) is 0 Å². The van der Waals surface area contributed by atoms with Crippen LogP contribution in [0.15, 0.2) is 36.7 Å². The van der Waals surface area contributed by atoms with Crippen LogP contribution in [-0.4, -0.2) is 16.9 Å². The first-order valence-corrected chi connectivity index (χ1v) is 3.95. The van der Waals surface area contributed by atoms with Crippen molar-refractivity contribution in [1.29, 1.82) is 0 Å². The summed E-state index contributed by atoms with van der Waals surface area (Å²) < 4.78 is 35.2. The first kappa shape index (κ1) is 11.2. The maximum atomic E-state index is 11.7. The van der Waals surface area contributed by atoms with Gasteiger partial charge in [0.05, 0.1) is 0 Å². The van der Waals surface area contributed by atoms with Gasteiger partial charge in [-0.3, -0.25) is 4.79 Å². The minimum absolute atomic E-state index is 0.365. The molecule has 1 heterocycles. The lowest BCUT2D eigenvalue weighted by atomic mass is 10.4. The zero-order valence-corrected chi connectivity index (χ0v) is 7.45. The van der Waals surface area contributed by atoms with Crippen molar-refractivity contribution in [1.82, 2.24) is 4.98 Å². The van der Waals surface area contributed by atoms with E-state index in [4.69, 9.17) is 0 Å². The number of hydrogen-bond acceptors (Lipinski definition) is 3. The number of allylic oxidation sites excluding steroid dienone is 1. The molecule has 0 atom stereocenters. The van der Waals surface area contributed by atoms with Crippen molar-refractivity contribution < 1.29 is 18.0 Å². The van der Waals surface area contributed by atoms with Crippen molar-refractivity contribution in [2.75, 3.05) is 5.32 Å². The molecule has 1 aromatic rings. The molecule has 0 saturated carbocycles. The number of nitrogens with one attached hydrogen (secondary N) is 1. The van der Waals surface area contributed by atoms with Crippen molar-refractivity contribution in [2.45, 2.75) is 6.18 Å². The summed E-state index contributed by atoms with van der Waals surface area (Å²) in [5.41, 5.74) is 0. The van der Waals surface area contributed by atoms with Gasteiger partial charge in [0.2, 0.25) is 0 Å². The molecule has 0 aliphatic heterocycles. The van der Waals surface area contributed by atoms with Crippen LogP contribution in [-0.2, 0) is 4.79 Å². The summed E-state index contributed by atoms with van der Waals surface area (Å²) in [4.78, 5) is 14.2. The highest BCUT2D eigenvalue weighted by molar-refractivity contribution is 5.94. The first-order chi connectivity index (χ1) is 7.00. The average Bonchev–Trinajstić information content (AvgIpc) is 2.18. The molecule has 0 saturated heterocycles. The summed E-state index contributed by atoms with van der Waals surface area (Å²) in [5, 5.41) is 2.44. The highest BCUT2D eigenvalue weighted by Crippen LogP contribution is 2.16. The topological polar surface area (TPSA) is 42.0 Å². The molecular weight excluding hydrogens is 209 g/mol. The van der Waals surface area contributed by atoms with Gasteiger partial charge in [-0.25, -0.2) is 4.98 Å². The predicted molar refractivity (Wildman–Crippen MR) is 48.1 cm³/mol. The van der Waals surface area contributed by atoms with Gasteiger partial charge in [-0.2, -0.15) is 13.2 Å². The number of carbonyl (C=O) groups excluding carboxylic acids is 1. The monoisotopic (exact) mass is 216 g/mol. The van der Waals surface area contributed by atoms with E-state index in [1.165, 1.54) is 6.20 Å². The van der Waals surface area contributed by atoms with Gasteiger partial charge in [-0.05, 0) is 12.1 Å². The number of ketones is 1. The first-order valence-electron chi connectivity index (χ1n) is 3.95. The molecule has 1 aromatic heterocycles. The quantitative estimate of drug-likeness (QED) is 0.787. The highest BCUT2D eigenvalue weighted by Gasteiger charge is 2.35. The minimum Gasteiger partial charge on any atom is -0.347 e. The highest BCUT2D eigenvalue weighted by atomic mass is 19.4. The summed E-state index contributed by atoms with van der Waals surface area (Å²) in [7, 11) is 0. The van der Waals surface area contributed by atoms with Crippen molar-refractivity contribution in [3.05, 3.63) is 36.7 Å². The fourth-order valence-corrected chi connectivity index (χ4v) is 0.745. The molecule has 0 radical (unpaired) electrons. The molecule has 15 heavy (non-hydrogen) atoms. The Kier molecular flexibility index (Phi) is 3.43. The average molecular weight is 216 g/mol. The molecule has 6 heteroatoms. The molecule has 0 bridgehead atoms. The van der Waals surface area contributed by atoms with Crippen LogP contribution in [0.2, 0.25) is 0 Å². The van der Waals surface area contributed by atoms with Crippen molar-refractivity contribution in [3.8, 4) is 0 Å². The van der Waals surface area contributed by atoms with Gasteiger partial charge >= 0.3 is 6.18 Å². The largest absolute Gasteiger partial charge is 0.454 e. The number of pyridine rings is 1. The van der Waals surface area contributed by atoms with Crippen LogP contribution in [0.5, 0.6) is 0 Å². The van der Waals surface area contributed by atoms with Crippen LogP contribution < -0.4 is 5.32 Å². The van der Waals surface area contributed by atoms with Gasteiger partial charge in [0.1, 0.15) is 5.82 Å². The number of halogens is 3. The second-order valence-electron chi connectivity index (χ2n) is 2.55. The maximum Gasteiger partial charge on any atom is 0.454 e. The molecular formula is C9H7F3N2O. The zero-order valence-electron chi connectivity index (χ0n) is 7.45. The van der Waals surface area contributed by atoms with E-state index in [2.05, 4.69) is 10.3 Å². The number of alkyl halides is 3. The van der Waals surface area contributed by atoms with Crippen molar-refractivity contribution >= 4 is 11.6 Å². The molecule has 0 unspecified atom stereocenters. The van der Waals surface area contributed by atoms with E-state index in [1.807, 2.05) is 0 Å². The van der Waals surface area contributed by atoms with Crippen LogP contribution in [0.25, 0.3) is 0 Å². The number of aromatic nitrogens is 1. The van der Waals surface area contributed by atoms with Gasteiger partial charge in [-0.15, -0.1) is 0 Å². The van der Waals surface area contributed by atoms with E-state index in [0.717, 1.165) is 6.20 Å². The summed E-state index contributed by atoms with van der Waals surface area (Å²) in [6.45, 7) is 0. The second-order valence-corrected chi connectivity index (χ2v) is 2.55. The molecule has 0 amide bonds. The summed E-state index contributed by atoms with van der Waals surface area (Å²) in [6, 6.07) is 4.88. The Morgan fingerprint density at radius 3 is 2.67 bits per heavy atom. The lowest BCUT2D eigenvalue weighted by Crippen LogP contribution is -2.20. The van der Waals surface area contributed by atoms with E-state index < -0.39 is 12.0 Å². The summed E-state index contributed by atoms with van der Waals surface area (Å²) in [5.74, 6) is -1.55. The lowest BCUT2D eigenvalue weighted by Gasteiger charge is -2.00. The van der Waals surface area contributed by atoms with Gasteiger partial charge in [-0.1, -0.05) is 6.07 Å². The molecule has 0 aliphatic carbocycles. The molecule has 3 nitrogen and oxygen atoms in total. The van der Waals surface area contributed by atoms with E-state index in [0.29, 0.717) is 11.9 Å². The molecule has 1 rings (SSSR count). The second kappa shape index (κ2) is 4.59. The third-order valence-corrected chi connectivity index (χ3v) is 1.41. The van der Waals surface area contributed by atoms with Crippen LogP contribution in [0.4, 0.5) is 19.0 Å². The Morgan fingerprint density at radius 1 is 1.40 bits per heavy atom. The van der Waals surface area contributed by atoms with Gasteiger partial charge in [0.15, 0.2) is 0 Å². The van der Waals surface area contributed by atoms with Crippen molar-refractivity contribution in [2.24, 2.45) is 0 Å². The number of nitrogens with zero attached hydrogens (tertiary/aromatic N) is 1. The fourth-order valence-electron chi connectivity index (χ4n) is 0.745. The Morgan fingerprint density at radius 2 is 2.13 bits per heavy atom. The van der Waals surface area contributed by atoms with Crippen LogP contribution in [0.3, 0.4) is 0 Å². The predicted octanol–water partition coefficient (Wildman–Crippen LogP) is 2.14. The third-order valence-electron chi connectivity index (χ3n) is 1.41. The molecule has 0 aliphatic rings. The van der Waals surface area contributed by atoms with Crippen LogP contribution in [0.1, 0.15) is 0 Å². The smallest absolute Gasteiger partial charge is 0.347 e.